The predicted octanol–water partition coefficient (Wildman–Crippen LogP) is 1.31. The van der Waals surface area contributed by atoms with E-state index in [1.54, 1.807) is 24.3 Å². The number of imidazole rings is 1. The zero-order chi connectivity index (χ0) is 26.9. The van der Waals surface area contributed by atoms with Crippen molar-refractivity contribution in [2.45, 2.75) is 43.6 Å². The van der Waals surface area contributed by atoms with Crippen LogP contribution in [0.3, 0.4) is 0 Å². The molecule has 12 nitrogen and oxygen atoms in total. The number of anilines is 1. The van der Waals surface area contributed by atoms with Gasteiger partial charge in [0.15, 0.2) is 23.9 Å². The van der Waals surface area contributed by atoms with Gasteiger partial charge in [-0.3, -0.25) is 4.57 Å². The molecule has 3 N–H and O–H groups in total. The maximum Gasteiger partial charge on any atom is 0.350 e. The number of hydrogen-bond acceptors (Lipinski definition) is 11. The van der Waals surface area contributed by atoms with E-state index in [0.29, 0.717) is 5.56 Å². The molecule has 0 amide bonds. The van der Waals surface area contributed by atoms with E-state index in [1.807, 2.05) is 6.92 Å². The maximum absolute atomic E-state index is 15.2. The number of carbonyl (C=O) groups excluding carboxylic acids is 2. The average molecular weight is 538 g/mol. The highest BCUT2D eigenvalue weighted by Gasteiger charge is 2.53. The first-order chi connectivity index (χ1) is 17.6. The number of aliphatic hydroxyl groups excluding tert-OH is 1. The second-order valence-electron chi connectivity index (χ2n) is 8.49. The SMILES string of the molecule is COC(=O)C(Cc1ccc(C)cc1)(OC[C@H]1O[C@@H](n2cnc3c(N)nc(Cl)nc32)[C@@H](F)[C@@H]1O)C(=O)OC. The molecule has 3 aromatic rings. The number of nitrogens with two attached hydrogens (primary N) is 1. The quantitative estimate of drug-likeness (QED) is 0.242. The fraction of sp³-hybridized carbons (Fsp3) is 0.435. The molecule has 0 spiro atoms. The number of ether oxygens (including phenoxy) is 4. The Morgan fingerprint density at radius 2 is 1.86 bits per heavy atom. The molecule has 0 unspecified atom stereocenters. The Balaban J connectivity index is 1.60. The summed E-state index contributed by atoms with van der Waals surface area (Å²) >= 11 is 5.88. The highest BCUT2D eigenvalue weighted by molar-refractivity contribution is 6.28. The minimum absolute atomic E-state index is 0.0142. The summed E-state index contributed by atoms with van der Waals surface area (Å²) in [6, 6.07) is 7.04. The van der Waals surface area contributed by atoms with Gasteiger partial charge < -0.3 is 29.8 Å². The number of carbonyl (C=O) groups is 2. The molecule has 3 heterocycles. The molecule has 1 aliphatic rings. The number of esters is 2. The van der Waals surface area contributed by atoms with E-state index in [1.165, 1.54) is 10.9 Å². The number of fused-ring (bicyclic) bond motifs is 1. The van der Waals surface area contributed by atoms with Crippen LogP contribution in [-0.4, -0.2) is 81.4 Å². The summed E-state index contributed by atoms with van der Waals surface area (Å²) in [6.07, 6.45) is -5.34. The summed E-state index contributed by atoms with van der Waals surface area (Å²) in [5.41, 5.74) is 5.38. The van der Waals surface area contributed by atoms with Crippen LogP contribution in [-0.2, 0) is 35.0 Å². The van der Waals surface area contributed by atoms with Crippen molar-refractivity contribution in [3.63, 3.8) is 0 Å². The molecule has 2 aromatic heterocycles. The lowest BCUT2D eigenvalue weighted by molar-refractivity contribution is -0.194. The molecule has 14 heteroatoms. The van der Waals surface area contributed by atoms with Crippen molar-refractivity contribution < 1.29 is 38.0 Å². The van der Waals surface area contributed by atoms with E-state index < -0.39 is 48.8 Å². The second kappa shape index (κ2) is 10.5. The number of benzene rings is 1. The van der Waals surface area contributed by atoms with Crippen molar-refractivity contribution in [2.24, 2.45) is 0 Å². The Hall–Kier alpha value is -3.39. The molecule has 4 atom stereocenters. The van der Waals surface area contributed by atoms with Crippen LogP contribution in [0.15, 0.2) is 30.6 Å². The number of rotatable bonds is 8. The largest absolute Gasteiger partial charge is 0.466 e. The van der Waals surface area contributed by atoms with Crippen LogP contribution in [0.2, 0.25) is 5.28 Å². The third-order valence-electron chi connectivity index (χ3n) is 6.09. The highest BCUT2D eigenvalue weighted by atomic mass is 35.5. The molecular weight excluding hydrogens is 513 g/mol. The first-order valence-electron chi connectivity index (χ1n) is 11.1. The summed E-state index contributed by atoms with van der Waals surface area (Å²) in [7, 11) is 2.19. The van der Waals surface area contributed by atoms with Gasteiger partial charge in [0.2, 0.25) is 5.28 Å². The Labute approximate surface area is 215 Å². The third kappa shape index (κ3) is 4.94. The first-order valence-corrected chi connectivity index (χ1v) is 11.5. The van der Waals surface area contributed by atoms with Crippen molar-refractivity contribution in [2.75, 3.05) is 26.6 Å². The molecule has 0 aliphatic carbocycles. The van der Waals surface area contributed by atoms with E-state index in [2.05, 4.69) is 15.0 Å². The fourth-order valence-corrected chi connectivity index (χ4v) is 4.28. The lowest BCUT2D eigenvalue weighted by Gasteiger charge is -2.30. The van der Waals surface area contributed by atoms with Crippen LogP contribution in [0.5, 0.6) is 0 Å². The molecule has 198 valence electrons. The average Bonchev–Trinajstić information content (AvgIpc) is 3.42. The number of aromatic nitrogens is 4. The monoisotopic (exact) mass is 537 g/mol. The number of aliphatic hydroxyl groups is 1. The number of halogens is 2. The summed E-state index contributed by atoms with van der Waals surface area (Å²) in [4.78, 5) is 37.6. The molecule has 1 saturated heterocycles. The third-order valence-corrected chi connectivity index (χ3v) is 6.26. The van der Waals surface area contributed by atoms with E-state index >= 15 is 4.39 Å². The Morgan fingerprint density at radius 1 is 1.22 bits per heavy atom. The molecule has 1 aliphatic heterocycles. The molecular formula is C23H25ClFN5O7. The Kier molecular flexibility index (Phi) is 7.59. The first kappa shape index (κ1) is 26.7. The standard InChI is InChI=1S/C23H25ClFN5O7/c1-11-4-6-12(7-5-11)8-23(20(32)34-2,21(33)35-3)36-9-13-16(31)14(25)19(37-13)30-10-27-15-17(26)28-22(24)29-18(15)30/h4-7,10,13-14,16,19,31H,8-9H2,1-3H3,(H2,26,28,29)/t13-,14+,16-,19-/m1/s1. The van der Waals surface area contributed by atoms with Gasteiger partial charge >= 0.3 is 11.9 Å². The fourth-order valence-electron chi connectivity index (χ4n) is 4.11. The van der Waals surface area contributed by atoms with Gasteiger partial charge in [0.1, 0.15) is 17.7 Å². The zero-order valence-electron chi connectivity index (χ0n) is 20.1. The number of nitrogens with zero attached hydrogens (tertiary/aromatic N) is 4. The van der Waals surface area contributed by atoms with E-state index in [9.17, 15) is 14.7 Å². The van der Waals surface area contributed by atoms with Crippen LogP contribution in [0.25, 0.3) is 11.2 Å². The van der Waals surface area contributed by atoms with Gasteiger partial charge in [-0.25, -0.2) is 19.0 Å². The minimum atomic E-state index is -2.23. The minimum Gasteiger partial charge on any atom is -0.466 e. The Morgan fingerprint density at radius 3 is 2.49 bits per heavy atom. The van der Waals surface area contributed by atoms with Crippen LogP contribution in [0, 0.1) is 6.92 Å². The lowest BCUT2D eigenvalue weighted by atomic mass is 9.93. The number of hydrogen-bond donors (Lipinski definition) is 2. The van der Waals surface area contributed by atoms with Gasteiger partial charge in [-0.05, 0) is 24.1 Å². The number of alkyl halides is 1. The molecule has 37 heavy (non-hydrogen) atoms. The molecule has 1 fully saturated rings. The van der Waals surface area contributed by atoms with Crippen LogP contribution in [0.4, 0.5) is 10.2 Å². The summed E-state index contributed by atoms with van der Waals surface area (Å²) in [5, 5.41) is 10.4. The topological polar surface area (TPSA) is 161 Å². The van der Waals surface area contributed by atoms with Crippen molar-refractivity contribution >= 4 is 40.5 Å². The lowest BCUT2D eigenvalue weighted by Crippen LogP contribution is -2.54. The highest BCUT2D eigenvalue weighted by Crippen LogP contribution is 2.35. The smallest absolute Gasteiger partial charge is 0.350 e. The van der Waals surface area contributed by atoms with E-state index in [4.69, 9.17) is 36.3 Å². The number of nitrogen functional groups attached to an aromatic ring is 1. The van der Waals surface area contributed by atoms with Crippen molar-refractivity contribution in [1.82, 2.24) is 19.5 Å². The van der Waals surface area contributed by atoms with Gasteiger partial charge in [0.05, 0.1) is 27.2 Å². The van der Waals surface area contributed by atoms with E-state index in [-0.39, 0.29) is 28.7 Å². The van der Waals surface area contributed by atoms with Crippen molar-refractivity contribution in [3.8, 4) is 0 Å². The molecule has 0 saturated carbocycles. The number of methoxy groups -OCH3 is 2. The van der Waals surface area contributed by atoms with Crippen LogP contribution >= 0.6 is 11.6 Å². The van der Waals surface area contributed by atoms with Gasteiger partial charge in [0, 0.05) is 6.42 Å². The molecule has 4 rings (SSSR count). The zero-order valence-corrected chi connectivity index (χ0v) is 20.9. The van der Waals surface area contributed by atoms with Gasteiger partial charge in [-0.15, -0.1) is 0 Å². The van der Waals surface area contributed by atoms with Crippen LogP contribution < -0.4 is 5.73 Å². The Bertz CT molecular complexity index is 1290. The van der Waals surface area contributed by atoms with Crippen molar-refractivity contribution in [3.05, 3.63) is 47.0 Å². The second-order valence-corrected chi connectivity index (χ2v) is 8.82. The van der Waals surface area contributed by atoms with Crippen LogP contribution in [0.1, 0.15) is 17.4 Å². The van der Waals surface area contributed by atoms with Gasteiger partial charge in [-0.2, -0.15) is 9.97 Å². The summed E-state index contributed by atoms with van der Waals surface area (Å²) < 4.78 is 37.6. The normalized spacial score (nSPS) is 21.8. The number of aryl methyl sites for hydroxylation is 1. The maximum atomic E-state index is 15.2. The molecule has 0 radical (unpaired) electrons. The molecule has 1 aromatic carbocycles. The molecule has 0 bridgehead atoms. The van der Waals surface area contributed by atoms with Gasteiger partial charge in [-0.1, -0.05) is 29.8 Å². The van der Waals surface area contributed by atoms with Crippen molar-refractivity contribution in [1.29, 1.82) is 0 Å². The van der Waals surface area contributed by atoms with Gasteiger partial charge in [0.25, 0.3) is 5.60 Å². The summed E-state index contributed by atoms with van der Waals surface area (Å²) in [6.45, 7) is 1.33. The summed E-state index contributed by atoms with van der Waals surface area (Å²) in [5.74, 6) is -2.06. The predicted molar refractivity (Wildman–Crippen MR) is 127 cm³/mol. The van der Waals surface area contributed by atoms with E-state index in [0.717, 1.165) is 19.8 Å².